The maximum absolute atomic E-state index is 10.5. The highest BCUT2D eigenvalue weighted by Gasteiger charge is 2.38. The predicted octanol–water partition coefficient (Wildman–Crippen LogP) is 4.06. The molecule has 0 amide bonds. The maximum atomic E-state index is 10.5. The van der Waals surface area contributed by atoms with Crippen LogP contribution < -0.4 is 0 Å². The molecule has 1 unspecified atom stereocenters. The van der Waals surface area contributed by atoms with Crippen molar-refractivity contribution in [3.63, 3.8) is 0 Å². The molecule has 17 heavy (non-hydrogen) atoms. The average molecular weight is 242 g/mol. The lowest BCUT2D eigenvalue weighted by atomic mass is 9.85. The van der Waals surface area contributed by atoms with E-state index in [1.54, 1.807) is 0 Å². The van der Waals surface area contributed by atoms with Gasteiger partial charge in [-0.3, -0.25) is 0 Å². The van der Waals surface area contributed by atoms with Gasteiger partial charge in [-0.15, -0.1) is 0 Å². The Labute approximate surface area is 107 Å². The molecule has 1 rings (SSSR count). The molecule has 2 heteroatoms. The van der Waals surface area contributed by atoms with Gasteiger partial charge in [-0.2, -0.15) is 0 Å². The van der Waals surface area contributed by atoms with Crippen LogP contribution in [0.3, 0.4) is 0 Å². The van der Waals surface area contributed by atoms with E-state index in [-0.39, 0.29) is 11.7 Å². The minimum absolute atomic E-state index is 0.223. The number of unbranched alkanes of at least 4 members (excludes halogenated alkanes) is 2. The van der Waals surface area contributed by atoms with Crippen LogP contribution in [0.1, 0.15) is 78.1 Å². The van der Waals surface area contributed by atoms with E-state index in [9.17, 15) is 5.11 Å². The Bertz CT molecular complexity index is 183. The summed E-state index contributed by atoms with van der Waals surface area (Å²) in [7, 11) is 0. The van der Waals surface area contributed by atoms with Gasteiger partial charge in [0, 0.05) is 6.61 Å². The molecular formula is C15H30O2. The second kappa shape index (κ2) is 8.10. The Hall–Kier alpha value is -0.0800. The first-order valence-corrected chi connectivity index (χ1v) is 7.57. The normalized spacial score (nSPS) is 22.1. The summed E-state index contributed by atoms with van der Waals surface area (Å²) < 4.78 is 5.99. The van der Waals surface area contributed by atoms with Crippen LogP contribution >= 0.6 is 0 Å². The lowest BCUT2D eigenvalue weighted by Crippen LogP contribution is -2.44. The second-order valence-electron chi connectivity index (χ2n) is 5.42. The fourth-order valence-electron chi connectivity index (χ4n) is 3.04. The lowest BCUT2D eigenvalue weighted by Gasteiger charge is -2.37. The van der Waals surface area contributed by atoms with Crippen LogP contribution in [0.5, 0.6) is 0 Å². The summed E-state index contributed by atoms with van der Waals surface area (Å²) in [5.74, 6) is 0. The van der Waals surface area contributed by atoms with Gasteiger partial charge in [0.05, 0.1) is 11.7 Å². The SMILES string of the molecule is CCCCCC(O)C1(OCC)CCCCCC1. The van der Waals surface area contributed by atoms with Crippen molar-refractivity contribution in [3.05, 3.63) is 0 Å². The predicted molar refractivity (Wildman–Crippen MR) is 72.2 cm³/mol. The highest BCUT2D eigenvalue weighted by atomic mass is 16.5. The zero-order valence-corrected chi connectivity index (χ0v) is 11.7. The Morgan fingerprint density at radius 1 is 1.06 bits per heavy atom. The molecule has 1 aliphatic rings. The van der Waals surface area contributed by atoms with E-state index in [0.29, 0.717) is 0 Å². The molecule has 0 aliphatic heterocycles. The fraction of sp³-hybridized carbons (Fsp3) is 1.00. The highest BCUT2D eigenvalue weighted by molar-refractivity contribution is 4.90. The summed E-state index contributed by atoms with van der Waals surface area (Å²) in [4.78, 5) is 0. The zero-order valence-electron chi connectivity index (χ0n) is 11.7. The van der Waals surface area contributed by atoms with Gasteiger partial charge in [0.1, 0.15) is 0 Å². The Morgan fingerprint density at radius 2 is 1.71 bits per heavy atom. The number of rotatable bonds is 7. The van der Waals surface area contributed by atoms with Crippen molar-refractivity contribution in [2.75, 3.05) is 6.61 Å². The van der Waals surface area contributed by atoms with Gasteiger partial charge < -0.3 is 9.84 Å². The van der Waals surface area contributed by atoms with E-state index in [2.05, 4.69) is 6.92 Å². The summed E-state index contributed by atoms with van der Waals surface area (Å²) >= 11 is 0. The molecular weight excluding hydrogens is 212 g/mol. The molecule has 1 fully saturated rings. The van der Waals surface area contributed by atoms with Gasteiger partial charge in [0.2, 0.25) is 0 Å². The molecule has 1 aliphatic carbocycles. The van der Waals surface area contributed by atoms with Crippen LogP contribution in [0, 0.1) is 0 Å². The van der Waals surface area contributed by atoms with Gasteiger partial charge in [-0.05, 0) is 26.2 Å². The molecule has 0 aromatic rings. The molecule has 0 bridgehead atoms. The van der Waals surface area contributed by atoms with Crippen LogP contribution in [0.4, 0.5) is 0 Å². The van der Waals surface area contributed by atoms with Gasteiger partial charge >= 0.3 is 0 Å². The van der Waals surface area contributed by atoms with Crippen molar-refractivity contribution in [2.24, 2.45) is 0 Å². The van der Waals surface area contributed by atoms with E-state index in [1.807, 2.05) is 6.92 Å². The molecule has 0 radical (unpaired) electrons. The third kappa shape index (κ3) is 4.59. The molecule has 102 valence electrons. The van der Waals surface area contributed by atoms with Crippen molar-refractivity contribution in [2.45, 2.75) is 89.8 Å². The number of aliphatic hydroxyl groups excluding tert-OH is 1. The number of hydrogen-bond acceptors (Lipinski definition) is 2. The van der Waals surface area contributed by atoms with Crippen LogP contribution in [-0.4, -0.2) is 23.4 Å². The first kappa shape index (κ1) is 15.0. The summed E-state index contributed by atoms with van der Waals surface area (Å²) in [6.45, 7) is 4.98. The van der Waals surface area contributed by atoms with Crippen LogP contribution in [0.2, 0.25) is 0 Å². The van der Waals surface area contributed by atoms with Crippen molar-refractivity contribution in [1.29, 1.82) is 0 Å². The first-order chi connectivity index (χ1) is 8.25. The molecule has 0 saturated heterocycles. The zero-order chi connectivity index (χ0) is 12.6. The standard InChI is InChI=1S/C15H30O2/c1-3-5-8-11-14(16)15(17-4-2)12-9-6-7-10-13-15/h14,16H,3-13H2,1-2H3. The van der Waals surface area contributed by atoms with E-state index >= 15 is 0 Å². The molecule has 0 aromatic heterocycles. The number of aliphatic hydroxyl groups is 1. The molecule has 1 atom stereocenters. The molecule has 0 aromatic carbocycles. The summed E-state index contributed by atoms with van der Waals surface area (Å²) in [5.41, 5.74) is -0.223. The summed E-state index contributed by atoms with van der Waals surface area (Å²) in [6.07, 6.45) is 11.4. The maximum Gasteiger partial charge on any atom is 0.0939 e. The van der Waals surface area contributed by atoms with Gasteiger partial charge in [-0.25, -0.2) is 0 Å². The van der Waals surface area contributed by atoms with Crippen molar-refractivity contribution < 1.29 is 9.84 Å². The van der Waals surface area contributed by atoms with E-state index < -0.39 is 0 Å². The lowest BCUT2D eigenvalue weighted by molar-refractivity contribution is -0.131. The highest BCUT2D eigenvalue weighted by Crippen LogP contribution is 2.35. The Balaban J connectivity index is 2.54. The third-order valence-electron chi connectivity index (χ3n) is 4.07. The molecule has 1 saturated carbocycles. The Kier molecular flexibility index (Phi) is 7.14. The average Bonchev–Trinajstić information content (AvgIpc) is 2.56. The first-order valence-electron chi connectivity index (χ1n) is 7.57. The molecule has 2 nitrogen and oxygen atoms in total. The van der Waals surface area contributed by atoms with Gasteiger partial charge in [0.25, 0.3) is 0 Å². The molecule has 0 spiro atoms. The summed E-state index contributed by atoms with van der Waals surface area (Å²) in [6, 6.07) is 0. The van der Waals surface area contributed by atoms with E-state index in [1.165, 1.54) is 38.5 Å². The van der Waals surface area contributed by atoms with Crippen LogP contribution in [0.25, 0.3) is 0 Å². The summed E-state index contributed by atoms with van der Waals surface area (Å²) in [5, 5.41) is 10.5. The second-order valence-corrected chi connectivity index (χ2v) is 5.42. The molecule has 0 heterocycles. The quantitative estimate of drug-likeness (QED) is 0.539. The van der Waals surface area contributed by atoms with E-state index in [4.69, 9.17) is 4.74 Å². The fourth-order valence-corrected chi connectivity index (χ4v) is 3.04. The third-order valence-corrected chi connectivity index (χ3v) is 4.07. The minimum Gasteiger partial charge on any atom is -0.390 e. The van der Waals surface area contributed by atoms with Crippen LogP contribution in [0.15, 0.2) is 0 Å². The smallest absolute Gasteiger partial charge is 0.0939 e. The van der Waals surface area contributed by atoms with Gasteiger partial charge in [0.15, 0.2) is 0 Å². The molecule has 1 N–H and O–H groups in total. The monoisotopic (exact) mass is 242 g/mol. The largest absolute Gasteiger partial charge is 0.390 e. The van der Waals surface area contributed by atoms with Crippen LogP contribution in [-0.2, 0) is 4.74 Å². The Morgan fingerprint density at radius 3 is 2.24 bits per heavy atom. The number of ether oxygens (including phenoxy) is 1. The topological polar surface area (TPSA) is 29.5 Å². The number of hydrogen-bond donors (Lipinski definition) is 1. The van der Waals surface area contributed by atoms with Gasteiger partial charge in [-0.1, -0.05) is 51.9 Å². The van der Waals surface area contributed by atoms with Crippen molar-refractivity contribution in [3.8, 4) is 0 Å². The van der Waals surface area contributed by atoms with Crippen molar-refractivity contribution >= 4 is 0 Å². The van der Waals surface area contributed by atoms with Crippen molar-refractivity contribution in [1.82, 2.24) is 0 Å². The minimum atomic E-state index is -0.257. The van der Waals surface area contributed by atoms with E-state index in [0.717, 1.165) is 32.3 Å².